The molecule has 0 radical (unpaired) electrons. The Morgan fingerprint density at radius 1 is 1.24 bits per heavy atom. The number of carbonyl (C=O) groups excluding carboxylic acids is 2. The third kappa shape index (κ3) is 3.77. The maximum Gasteiger partial charge on any atom is 0.229 e. The summed E-state index contributed by atoms with van der Waals surface area (Å²) in [6, 6.07) is 12.7. The maximum absolute atomic E-state index is 12.5. The number of amides is 2. The van der Waals surface area contributed by atoms with Gasteiger partial charge >= 0.3 is 0 Å². The van der Waals surface area contributed by atoms with Crippen LogP contribution in [-0.2, 0) is 9.59 Å². The van der Waals surface area contributed by atoms with Crippen LogP contribution < -0.4 is 15.0 Å². The Bertz CT molecular complexity index is 805. The molecule has 1 aliphatic rings. The van der Waals surface area contributed by atoms with E-state index in [-0.39, 0.29) is 18.2 Å². The van der Waals surface area contributed by atoms with Crippen molar-refractivity contribution >= 4 is 34.8 Å². The van der Waals surface area contributed by atoms with Crippen molar-refractivity contribution < 1.29 is 14.3 Å². The second-order valence-electron chi connectivity index (χ2n) is 6.08. The number of nitrogens with zero attached hydrogens (tertiary/aromatic N) is 1. The van der Waals surface area contributed by atoms with Gasteiger partial charge in [0, 0.05) is 24.3 Å². The van der Waals surface area contributed by atoms with Crippen LogP contribution in [-0.4, -0.2) is 25.5 Å². The Labute approximate surface area is 151 Å². The number of ether oxygens (including phenoxy) is 1. The largest absolute Gasteiger partial charge is 0.495 e. The van der Waals surface area contributed by atoms with Crippen molar-refractivity contribution in [3.63, 3.8) is 0 Å². The van der Waals surface area contributed by atoms with E-state index < -0.39 is 5.92 Å². The van der Waals surface area contributed by atoms with Crippen molar-refractivity contribution in [2.75, 3.05) is 23.9 Å². The molecule has 2 aromatic carbocycles. The van der Waals surface area contributed by atoms with E-state index in [0.717, 1.165) is 11.3 Å². The van der Waals surface area contributed by atoms with Crippen molar-refractivity contribution in [3.05, 3.63) is 53.1 Å². The van der Waals surface area contributed by atoms with Crippen LogP contribution >= 0.6 is 11.6 Å². The molecule has 0 aromatic heterocycles. The lowest BCUT2D eigenvalue weighted by Gasteiger charge is -2.17. The third-order valence-corrected chi connectivity index (χ3v) is 4.56. The first-order chi connectivity index (χ1) is 12.0. The Kier molecular flexibility index (Phi) is 4.95. The number of benzene rings is 2. The van der Waals surface area contributed by atoms with E-state index in [1.54, 1.807) is 23.1 Å². The molecule has 6 heteroatoms. The van der Waals surface area contributed by atoms with Gasteiger partial charge in [-0.15, -0.1) is 0 Å². The molecule has 1 aliphatic heterocycles. The highest BCUT2D eigenvalue weighted by Crippen LogP contribution is 2.29. The van der Waals surface area contributed by atoms with Gasteiger partial charge < -0.3 is 15.0 Å². The van der Waals surface area contributed by atoms with Crippen LogP contribution in [0.2, 0.25) is 5.02 Å². The van der Waals surface area contributed by atoms with Crippen LogP contribution in [0.1, 0.15) is 12.0 Å². The monoisotopic (exact) mass is 358 g/mol. The van der Waals surface area contributed by atoms with Crippen molar-refractivity contribution in [1.29, 1.82) is 0 Å². The molecule has 0 saturated carbocycles. The van der Waals surface area contributed by atoms with Gasteiger partial charge in [0.15, 0.2) is 0 Å². The maximum atomic E-state index is 12.5. The number of hydrogen-bond acceptors (Lipinski definition) is 3. The predicted molar refractivity (Wildman–Crippen MR) is 98.3 cm³/mol. The fourth-order valence-corrected chi connectivity index (χ4v) is 3.10. The Morgan fingerprint density at radius 2 is 1.96 bits per heavy atom. The van der Waals surface area contributed by atoms with Gasteiger partial charge in [0.2, 0.25) is 11.8 Å². The van der Waals surface area contributed by atoms with Gasteiger partial charge in [0.25, 0.3) is 0 Å². The highest BCUT2D eigenvalue weighted by molar-refractivity contribution is 6.32. The zero-order valence-corrected chi connectivity index (χ0v) is 14.8. The molecule has 2 aromatic rings. The van der Waals surface area contributed by atoms with E-state index in [1.807, 2.05) is 31.2 Å². The molecule has 5 nitrogen and oxygen atoms in total. The first kappa shape index (κ1) is 17.3. The normalized spacial score (nSPS) is 16.8. The highest BCUT2D eigenvalue weighted by Gasteiger charge is 2.35. The Balaban J connectivity index is 1.68. The number of methoxy groups -OCH3 is 1. The van der Waals surface area contributed by atoms with Gasteiger partial charge in [0.1, 0.15) is 5.75 Å². The van der Waals surface area contributed by atoms with Gasteiger partial charge in [-0.05, 0) is 37.3 Å². The minimum Gasteiger partial charge on any atom is -0.495 e. The summed E-state index contributed by atoms with van der Waals surface area (Å²) in [7, 11) is 1.53. The van der Waals surface area contributed by atoms with E-state index in [9.17, 15) is 9.59 Å². The average Bonchev–Trinajstić information content (AvgIpc) is 2.98. The Morgan fingerprint density at radius 3 is 2.60 bits per heavy atom. The summed E-state index contributed by atoms with van der Waals surface area (Å²) in [5.74, 6) is -0.0862. The van der Waals surface area contributed by atoms with Crippen LogP contribution in [0.25, 0.3) is 0 Å². The molecule has 130 valence electrons. The molecule has 1 heterocycles. The number of hydrogen-bond donors (Lipinski definition) is 1. The van der Waals surface area contributed by atoms with Crippen LogP contribution in [0.4, 0.5) is 11.4 Å². The van der Waals surface area contributed by atoms with E-state index in [1.165, 1.54) is 7.11 Å². The molecule has 2 amide bonds. The summed E-state index contributed by atoms with van der Waals surface area (Å²) in [4.78, 5) is 26.4. The van der Waals surface area contributed by atoms with Crippen LogP contribution in [0.3, 0.4) is 0 Å². The number of carbonyl (C=O) groups is 2. The zero-order chi connectivity index (χ0) is 18.0. The highest BCUT2D eigenvalue weighted by atomic mass is 35.5. The van der Waals surface area contributed by atoms with Gasteiger partial charge in [-0.25, -0.2) is 0 Å². The molecule has 0 aliphatic carbocycles. The molecule has 1 N–H and O–H groups in total. The average molecular weight is 359 g/mol. The number of halogens is 1. The fraction of sp³-hybridized carbons (Fsp3) is 0.263. The summed E-state index contributed by atoms with van der Waals surface area (Å²) in [5, 5.41) is 3.24. The topological polar surface area (TPSA) is 58.6 Å². The number of aryl methyl sites for hydroxylation is 1. The lowest BCUT2D eigenvalue weighted by molar-refractivity contribution is -0.122. The molecular formula is C19H19ClN2O3. The first-order valence-electron chi connectivity index (χ1n) is 7.99. The van der Waals surface area contributed by atoms with Crippen LogP contribution in [0.5, 0.6) is 5.75 Å². The Hall–Kier alpha value is -2.53. The SMILES string of the molecule is COc1ccc(NC(=O)[C@@H]2CC(=O)N(c3ccc(C)cc3)C2)cc1Cl. The van der Waals surface area contributed by atoms with E-state index in [0.29, 0.717) is 23.0 Å². The smallest absolute Gasteiger partial charge is 0.229 e. The minimum absolute atomic E-state index is 0.0447. The number of anilines is 2. The molecule has 0 spiro atoms. The summed E-state index contributed by atoms with van der Waals surface area (Å²) in [5.41, 5.74) is 2.52. The third-order valence-electron chi connectivity index (χ3n) is 4.26. The zero-order valence-electron chi connectivity index (χ0n) is 14.1. The number of rotatable bonds is 4. The molecule has 0 unspecified atom stereocenters. The summed E-state index contributed by atoms with van der Waals surface area (Å²) in [6.07, 6.45) is 0.198. The van der Waals surface area contributed by atoms with E-state index in [2.05, 4.69) is 5.32 Å². The van der Waals surface area contributed by atoms with Gasteiger partial charge in [0.05, 0.1) is 18.1 Å². The predicted octanol–water partition coefficient (Wildman–Crippen LogP) is 3.65. The minimum atomic E-state index is -0.394. The molecule has 1 saturated heterocycles. The molecule has 3 rings (SSSR count). The molecule has 0 bridgehead atoms. The van der Waals surface area contributed by atoms with Crippen molar-refractivity contribution in [1.82, 2.24) is 0 Å². The van der Waals surface area contributed by atoms with Gasteiger partial charge in [-0.2, -0.15) is 0 Å². The van der Waals surface area contributed by atoms with Gasteiger partial charge in [-0.1, -0.05) is 29.3 Å². The summed E-state index contributed by atoms with van der Waals surface area (Å²) in [6.45, 7) is 2.36. The summed E-state index contributed by atoms with van der Waals surface area (Å²) < 4.78 is 5.09. The first-order valence-corrected chi connectivity index (χ1v) is 8.37. The molecule has 1 atom stereocenters. The van der Waals surface area contributed by atoms with Crippen molar-refractivity contribution in [2.45, 2.75) is 13.3 Å². The number of nitrogens with one attached hydrogen (secondary N) is 1. The van der Waals surface area contributed by atoms with Crippen LogP contribution in [0.15, 0.2) is 42.5 Å². The van der Waals surface area contributed by atoms with Crippen molar-refractivity contribution in [2.24, 2.45) is 5.92 Å². The molecule has 1 fully saturated rings. The van der Waals surface area contributed by atoms with Crippen molar-refractivity contribution in [3.8, 4) is 5.75 Å². The van der Waals surface area contributed by atoms with E-state index in [4.69, 9.17) is 16.3 Å². The standard InChI is InChI=1S/C19H19ClN2O3/c1-12-3-6-15(7-4-12)22-11-13(9-18(22)23)19(24)21-14-5-8-17(25-2)16(20)10-14/h3-8,10,13H,9,11H2,1-2H3,(H,21,24)/t13-/m1/s1. The fourth-order valence-electron chi connectivity index (χ4n) is 2.85. The van der Waals surface area contributed by atoms with Crippen LogP contribution in [0, 0.1) is 12.8 Å². The van der Waals surface area contributed by atoms with Gasteiger partial charge in [-0.3, -0.25) is 9.59 Å². The molecular weight excluding hydrogens is 340 g/mol. The van der Waals surface area contributed by atoms with E-state index >= 15 is 0 Å². The lowest BCUT2D eigenvalue weighted by Crippen LogP contribution is -2.28. The lowest BCUT2D eigenvalue weighted by atomic mass is 10.1. The second-order valence-corrected chi connectivity index (χ2v) is 6.49. The summed E-state index contributed by atoms with van der Waals surface area (Å²) >= 11 is 6.07. The quantitative estimate of drug-likeness (QED) is 0.907. The second kappa shape index (κ2) is 7.15. The molecule has 25 heavy (non-hydrogen) atoms.